The first-order chi connectivity index (χ1) is 20.3. The molecular formula is C34H46N2O6Si. The monoisotopic (exact) mass is 606 g/mol. The third-order valence-electron chi connectivity index (χ3n) is 8.99. The number of aryl methyl sites for hydroxylation is 1. The Bertz CT molecular complexity index is 1470. The van der Waals surface area contributed by atoms with E-state index in [9.17, 15) is 9.59 Å². The Kier molecular flexibility index (Phi) is 9.88. The normalized spacial score (nSPS) is 19.0. The Labute approximate surface area is 256 Å². The fraction of sp³-hybridized carbons (Fsp3) is 0.471. The molecule has 2 heterocycles. The first-order valence-corrected chi connectivity index (χ1v) is 17.7. The lowest BCUT2D eigenvalue weighted by molar-refractivity contribution is -0.0304. The first kappa shape index (κ1) is 32.5. The van der Waals surface area contributed by atoms with Gasteiger partial charge in [-0.1, -0.05) is 51.1 Å². The molecule has 2 aromatic carbocycles. The van der Waals surface area contributed by atoms with E-state index in [1.807, 2.05) is 54.6 Å². The molecule has 1 fully saturated rings. The molecule has 43 heavy (non-hydrogen) atoms. The van der Waals surface area contributed by atoms with Gasteiger partial charge < -0.3 is 18.6 Å². The number of aromatic nitrogens is 2. The van der Waals surface area contributed by atoms with E-state index in [0.29, 0.717) is 30.1 Å². The summed E-state index contributed by atoms with van der Waals surface area (Å²) in [5.41, 5.74) is 1.23. The van der Waals surface area contributed by atoms with Crippen molar-refractivity contribution in [2.24, 2.45) is 5.92 Å². The number of methoxy groups -OCH3 is 2. The molecule has 1 aliphatic heterocycles. The minimum absolute atomic E-state index is 0.0699. The molecule has 3 aromatic rings. The lowest BCUT2D eigenvalue weighted by atomic mass is 9.97. The molecular weight excluding hydrogens is 560 g/mol. The Balaban J connectivity index is 1.78. The van der Waals surface area contributed by atoms with Crippen molar-refractivity contribution in [1.29, 1.82) is 0 Å². The van der Waals surface area contributed by atoms with E-state index in [1.54, 1.807) is 31.9 Å². The highest BCUT2D eigenvalue weighted by Crippen LogP contribution is 2.40. The summed E-state index contributed by atoms with van der Waals surface area (Å²) < 4.78 is 26.8. The minimum Gasteiger partial charge on any atom is -0.497 e. The first-order valence-electron chi connectivity index (χ1n) is 14.8. The van der Waals surface area contributed by atoms with E-state index >= 15 is 0 Å². The quantitative estimate of drug-likeness (QED) is 0.184. The summed E-state index contributed by atoms with van der Waals surface area (Å²) in [6.07, 6.45) is 4.16. The van der Waals surface area contributed by atoms with Crippen molar-refractivity contribution in [2.75, 3.05) is 20.8 Å². The van der Waals surface area contributed by atoms with Crippen LogP contribution < -0.4 is 20.7 Å². The van der Waals surface area contributed by atoms with Gasteiger partial charge in [0.2, 0.25) is 0 Å². The van der Waals surface area contributed by atoms with Gasteiger partial charge >= 0.3 is 5.69 Å². The molecule has 0 unspecified atom stereocenters. The summed E-state index contributed by atoms with van der Waals surface area (Å²) in [5, 5.41) is 0.0699. The van der Waals surface area contributed by atoms with Crippen molar-refractivity contribution in [2.45, 2.75) is 77.0 Å². The number of benzene rings is 2. The van der Waals surface area contributed by atoms with E-state index in [2.05, 4.69) is 40.4 Å². The Hall–Kier alpha value is -3.40. The molecule has 0 bridgehead atoms. The van der Waals surface area contributed by atoms with Gasteiger partial charge in [0.05, 0.1) is 33.0 Å². The van der Waals surface area contributed by atoms with Crippen molar-refractivity contribution in [1.82, 2.24) is 9.13 Å². The minimum atomic E-state index is -2.00. The van der Waals surface area contributed by atoms with E-state index in [0.717, 1.165) is 17.5 Å². The molecule has 1 aromatic heterocycles. The van der Waals surface area contributed by atoms with Crippen LogP contribution in [-0.4, -0.2) is 44.4 Å². The molecule has 0 aliphatic carbocycles. The van der Waals surface area contributed by atoms with Crippen molar-refractivity contribution >= 4 is 8.32 Å². The third kappa shape index (κ3) is 6.89. The number of ether oxygens (including phenoxy) is 3. The van der Waals surface area contributed by atoms with Crippen LogP contribution in [0.15, 0.2) is 77.0 Å². The van der Waals surface area contributed by atoms with Crippen molar-refractivity contribution in [3.63, 3.8) is 0 Å². The van der Waals surface area contributed by atoms with Crippen molar-refractivity contribution in [3.8, 4) is 11.5 Å². The topological polar surface area (TPSA) is 80.9 Å². The second-order valence-corrected chi connectivity index (χ2v) is 17.7. The van der Waals surface area contributed by atoms with E-state index in [1.165, 1.54) is 4.57 Å². The molecule has 232 valence electrons. The lowest BCUT2D eigenvalue weighted by Gasteiger charge is -2.37. The van der Waals surface area contributed by atoms with E-state index < -0.39 is 26.3 Å². The summed E-state index contributed by atoms with van der Waals surface area (Å²) in [6, 6.07) is 14.2. The standard InChI is InChI=1S/C34H46N2O6Si/c1-10-11-26-20-30(42-29(26)22-41-43(8,9)34(3,4)5)35-21-23(2)32(37)36(33(35)38)31(24-12-16-27(39-6)17-13-24)25-14-18-28(40-7)19-15-25/h10,12-19,21,26,29-31H,1,11,20,22H2,2-9H3/t26-,29+,30+/m0/s1. The SMILES string of the molecule is C=CC[C@H]1C[C@H](n2cc(C)c(=O)n(C(c3ccc(OC)cc3)c3ccc(OC)cc3)c2=O)O[C@@H]1CO[Si](C)(C)C(C)(C)C. The predicted octanol–water partition coefficient (Wildman–Crippen LogP) is 6.47. The van der Waals surface area contributed by atoms with Gasteiger partial charge in [-0.2, -0.15) is 0 Å². The van der Waals surface area contributed by atoms with Gasteiger partial charge in [-0.05, 0) is 79.2 Å². The van der Waals surface area contributed by atoms with Crippen LogP contribution >= 0.6 is 0 Å². The number of rotatable bonds is 11. The second kappa shape index (κ2) is 13.1. The summed E-state index contributed by atoms with van der Waals surface area (Å²) in [6.45, 7) is 17.2. The van der Waals surface area contributed by atoms with E-state index in [-0.39, 0.29) is 22.6 Å². The molecule has 1 aliphatic rings. The number of nitrogens with zero attached hydrogens (tertiary/aromatic N) is 2. The Morgan fingerprint density at radius 1 is 1.00 bits per heavy atom. The highest BCUT2D eigenvalue weighted by Gasteiger charge is 2.41. The van der Waals surface area contributed by atoms with Crippen LogP contribution in [-0.2, 0) is 9.16 Å². The molecule has 3 atom stereocenters. The molecule has 9 heteroatoms. The maximum atomic E-state index is 14.3. The fourth-order valence-corrected chi connectivity index (χ4v) is 6.33. The molecule has 8 nitrogen and oxygen atoms in total. The largest absolute Gasteiger partial charge is 0.497 e. The molecule has 0 saturated carbocycles. The maximum absolute atomic E-state index is 14.3. The third-order valence-corrected chi connectivity index (χ3v) is 13.5. The highest BCUT2D eigenvalue weighted by atomic mass is 28.4. The molecule has 0 amide bonds. The lowest BCUT2D eigenvalue weighted by Crippen LogP contribution is -2.45. The van der Waals surface area contributed by atoms with Gasteiger partial charge in [-0.25, -0.2) is 9.36 Å². The van der Waals surface area contributed by atoms with Crippen LogP contribution in [0.3, 0.4) is 0 Å². The predicted molar refractivity (Wildman–Crippen MR) is 173 cm³/mol. The molecule has 0 N–H and O–H groups in total. The van der Waals surface area contributed by atoms with Crippen LogP contribution in [0.25, 0.3) is 0 Å². The fourth-order valence-electron chi connectivity index (χ4n) is 5.32. The summed E-state index contributed by atoms with van der Waals surface area (Å²) >= 11 is 0. The van der Waals surface area contributed by atoms with Gasteiger partial charge in [0.25, 0.3) is 5.56 Å². The van der Waals surface area contributed by atoms with Gasteiger partial charge in [0.1, 0.15) is 17.7 Å². The van der Waals surface area contributed by atoms with Gasteiger partial charge in [-0.3, -0.25) is 9.36 Å². The Morgan fingerprint density at radius 2 is 1.53 bits per heavy atom. The number of hydrogen-bond acceptors (Lipinski definition) is 6. The molecule has 0 spiro atoms. The van der Waals surface area contributed by atoms with Crippen LogP contribution in [0.2, 0.25) is 18.1 Å². The molecule has 1 saturated heterocycles. The molecule has 0 radical (unpaired) electrons. The summed E-state index contributed by atoms with van der Waals surface area (Å²) in [7, 11) is 1.20. The summed E-state index contributed by atoms with van der Waals surface area (Å²) in [4.78, 5) is 28.1. The van der Waals surface area contributed by atoms with Crippen molar-refractivity contribution < 1.29 is 18.6 Å². The average molecular weight is 607 g/mol. The zero-order chi connectivity index (χ0) is 31.5. The zero-order valence-corrected chi connectivity index (χ0v) is 27.8. The van der Waals surface area contributed by atoms with Gasteiger partial charge in [-0.15, -0.1) is 6.58 Å². The number of hydrogen-bond donors (Lipinski definition) is 0. The maximum Gasteiger partial charge on any atom is 0.333 e. The zero-order valence-electron chi connectivity index (χ0n) is 26.8. The van der Waals surface area contributed by atoms with Gasteiger partial charge in [0, 0.05) is 11.8 Å². The highest BCUT2D eigenvalue weighted by molar-refractivity contribution is 6.74. The van der Waals surface area contributed by atoms with Crippen LogP contribution in [0, 0.1) is 12.8 Å². The Morgan fingerprint density at radius 3 is 2.00 bits per heavy atom. The van der Waals surface area contributed by atoms with Gasteiger partial charge in [0.15, 0.2) is 8.32 Å². The second-order valence-electron chi connectivity index (χ2n) is 12.8. The number of allylic oxidation sites excluding steroid dienone is 1. The van der Waals surface area contributed by atoms with Crippen LogP contribution in [0.4, 0.5) is 0 Å². The molecule has 4 rings (SSSR count). The summed E-state index contributed by atoms with van der Waals surface area (Å²) in [5.74, 6) is 1.51. The van der Waals surface area contributed by atoms with Crippen LogP contribution in [0.5, 0.6) is 11.5 Å². The van der Waals surface area contributed by atoms with Crippen LogP contribution in [0.1, 0.15) is 62.6 Å². The van der Waals surface area contributed by atoms with Crippen molar-refractivity contribution in [3.05, 3.63) is 105 Å². The average Bonchev–Trinajstić information content (AvgIpc) is 3.38. The van der Waals surface area contributed by atoms with E-state index in [4.69, 9.17) is 18.6 Å². The smallest absolute Gasteiger partial charge is 0.333 e.